The Bertz CT molecular complexity index is 416. The van der Waals surface area contributed by atoms with Gasteiger partial charge in [-0.15, -0.1) is 0 Å². The van der Waals surface area contributed by atoms with E-state index in [0.717, 1.165) is 5.56 Å². The Kier molecular flexibility index (Phi) is 4.33. The SMILES string of the molecule is COCCNC(C(N)=O)c1ccccc1C1CC1. The number of carbonyl (C=O) groups is 1. The molecule has 0 bridgehead atoms. The first-order valence-corrected chi connectivity index (χ1v) is 6.34. The molecule has 18 heavy (non-hydrogen) atoms. The van der Waals surface area contributed by atoms with Gasteiger partial charge < -0.3 is 10.5 Å². The minimum Gasteiger partial charge on any atom is -0.383 e. The van der Waals surface area contributed by atoms with Crippen LogP contribution in [-0.4, -0.2) is 26.2 Å². The van der Waals surface area contributed by atoms with Crippen LogP contribution in [0.25, 0.3) is 0 Å². The normalized spacial score (nSPS) is 16.5. The lowest BCUT2D eigenvalue weighted by atomic mass is 9.96. The predicted molar refractivity (Wildman–Crippen MR) is 70.2 cm³/mol. The molecule has 1 atom stereocenters. The van der Waals surface area contributed by atoms with Gasteiger partial charge in [0.1, 0.15) is 6.04 Å². The van der Waals surface area contributed by atoms with Gasteiger partial charge in [0.05, 0.1) is 6.61 Å². The highest BCUT2D eigenvalue weighted by Gasteiger charge is 2.29. The summed E-state index contributed by atoms with van der Waals surface area (Å²) >= 11 is 0. The third-order valence-corrected chi connectivity index (χ3v) is 3.26. The topological polar surface area (TPSA) is 64.3 Å². The average Bonchev–Trinajstić information content (AvgIpc) is 3.18. The number of hydrogen-bond donors (Lipinski definition) is 2. The molecule has 1 saturated carbocycles. The molecule has 3 N–H and O–H groups in total. The van der Waals surface area contributed by atoms with Gasteiger partial charge in [0.2, 0.25) is 5.91 Å². The number of ether oxygens (including phenoxy) is 1. The van der Waals surface area contributed by atoms with Crippen molar-refractivity contribution in [2.24, 2.45) is 5.73 Å². The molecule has 1 amide bonds. The van der Waals surface area contributed by atoms with E-state index in [0.29, 0.717) is 19.1 Å². The second-order valence-electron chi connectivity index (χ2n) is 4.69. The van der Waals surface area contributed by atoms with Gasteiger partial charge in [-0.1, -0.05) is 24.3 Å². The van der Waals surface area contributed by atoms with E-state index in [9.17, 15) is 4.79 Å². The Morgan fingerprint density at radius 3 is 2.83 bits per heavy atom. The summed E-state index contributed by atoms with van der Waals surface area (Å²) in [5.74, 6) is 0.270. The van der Waals surface area contributed by atoms with E-state index in [1.165, 1.54) is 18.4 Å². The fourth-order valence-corrected chi connectivity index (χ4v) is 2.21. The van der Waals surface area contributed by atoms with Crippen LogP contribution in [0.5, 0.6) is 0 Å². The zero-order chi connectivity index (χ0) is 13.0. The molecule has 1 aliphatic carbocycles. The first-order chi connectivity index (χ1) is 8.74. The van der Waals surface area contributed by atoms with Crippen molar-refractivity contribution < 1.29 is 9.53 Å². The number of benzene rings is 1. The van der Waals surface area contributed by atoms with Crippen LogP contribution < -0.4 is 11.1 Å². The summed E-state index contributed by atoms with van der Waals surface area (Å²) < 4.78 is 4.98. The van der Waals surface area contributed by atoms with Crippen LogP contribution >= 0.6 is 0 Å². The minimum atomic E-state index is -0.419. The van der Waals surface area contributed by atoms with Gasteiger partial charge in [-0.3, -0.25) is 10.1 Å². The third kappa shape index (κ3) is 3.09. The van der Waals surface area contributed by atoms with E-state index in [-0.39, 0.29) is 5.91 Å². The van der Waals surface area contributed by atoms with Gasteiger partial charge in [0, 0.05) is 13.7 Å². The maximum Gasteiger partial charge on any atom is 0.239 e. The summed E-state index contributed by atoms with van der Waals surface area (Å²) in [6.45, 7) is 1.18. The molecule has 0 saturated heterocycles. The summed E-state index contributed by atoms with van der Waals surface area (Å²) in [7, 11) is 1.64. The quantitative estimate of drug-likeness (QED) is 0.715. The highest BCUT2D eigenvalue weighted by Crippen LogP contribution is 2.42. The number of carbonyl (C=O) groups excluding carboxylic acids is 1. The highest BCUT2D eigenvalue weighted by atomic mass is 16.5. The van der Waals surface area contributed by atoms with Crippen molar-refractivity contribution in [2.75, 3.05) is 20.3 Å². The van der Waals surface area contributed by atoms with Crippen molar-refractivity contribution in [2.45, 2.75) is 24.8 Å². The lowest BCUT2D eigenvalue weighted by Crippen LogP contribution is -2.36. The number of rotatable bonds is 7. The smallest absolute Gasteiger partial charge is 0.239 e. The van der Waals surface area contributed by atoms with Crippen molar-refractivity contribution >= 4 is 5.91 Å². The molecule has 1 aliphatic rings. The molecule has 1 fully saturated rings. The summed E-state index contributed by atoms with van der Waals surface area (Å²) in [6.07, 6.45) is 2.42. The van der Waals surface area contributed by atoms with E-state index in [1.54, 1.807) is 7.11 Å². The molecule has 1 unspecified atom stereocenters. The second-order valence-corrected chi connectivity index (χ2v) is 4.69. The molecule has 0 aliphatic heterocycles. The molecule has 4 heteroatoms. The number of nitrogens with two attached hydrogens (primary N) is 1. The van der Waals surface area contributed by atoms with Gasteiger partial charge in [-0.2, -0.15) is 0 Å². The van der Waals surface area contributed by atoms with Crippen LogP contribution in [0.2, 0.25) is 0 Å². The zero-order valence-corrected chi connectivity index (χ0v) is 10.7. The van der Waals surface area contributed by atoms with Gasteiger partial charge >= 0.3 is 0 Å². The Morgan fingerprint density at radius 2 is 2.22 bits per heavy atom. The van der Waals surface area contributed by atoms with Crippen molar-refractivity contribution in [3.05, 3.63) is 35.4 Å². The molecule has 2 rings (SSSR count). The van der Waals surface area contributed by atoms with Crippen molar-refractivity contribution in [3.63, 3.8) is 0 Å². The highest BCUT2D eigenvalue weighted by molar-refractivity contribution is 5.82. The Labute approximate surface area is 108 Å². The third-order valence-electron chi connectivity index (χ3n) is 3.26. The van der Waals surface area contributed by atoms with Gasteiger partial charge in [0.25, 0.3) is 0 Å². The Hall–Kier alpha value is -1.39. The van der Waals surface area contributed by atoms with Crippen molar-refractivity contribution in [3.8, 4) is 0 Å². The van der Waals surface area contributed by atoms with Crippen LogP contribution in [0, 0.1) is 0 Å². The van der Waals surface area contributed by atoms with Crippen molar-refractivity contribution in [1.82, 2.24) is 5.32 Å². The number of hydrogen-bond acceptors (Lipinski definition) is 3. The summed E-state index contributed by atoms with van der Waals surface area (Å²) in [6, 6.07) is 7.64. The summed E-state index contributed by atoms with van der Waals surface area (Å²) in [4.78, 5) is 11.6. The maximum absolute atomic E-state index is 11.6. The van der Waals surface area contributed by atoms with Crippen molar-refractivity contribution in [1.29, 1.82) is 0 Å². The number of primary amides is 1. The standard InChI is InChI=1S/C14H20N2O2/c1-18-9-8-16-13(14(15)17)12-5-3-2-4-11(12)10-6-7-10/h2-5,10,13,16H,6-9H2,1H3,(H2,15,17). The van der Waals surface area contributed by atoms with E-state index in [2.05, 4.69) is 11.4 Å². The molecular formula is C14H20N2O2. The molecule has 98 valence electrons. The fraction of sp³-hybridized carbons (Fsp3) is 0.500. The molecule has 1 aromatic rings. The molecule has 0 aromatic heterocycles. The van der Waals surface area contributed by atoms with Crippen LogP contribution in [0.4, 0.5) is 0 Å². The molecule has 1 aromatic carbocycles. The largest absolute Gasteiger partial charge is 0.383 e. The predicted octanol–water partition coefficient (Wildman–Crippen LogP) is 1.33. The Morgan fingerprint density at radius 1 is 1.50 bits per heavy atom. The van der Waals surface area contributed by atoms with E-state index in [4.69, 9.17) is 10.5 Å². The lowest BCUT2D eigenvalue weighted by Gasteiger charge is -2.19. The average molecular weight is 248 g/mol. The number of nitrogens with one attached hydrogen (secondary N) is 1. The minimum absolute atomic E-state index is 0.334. The van der Waals surface area contributed by atoms with Crippen LogP contribution in [0.3, 0.4) is 0 Å². The molecule has 0 spiro atoms. The molecule has 4 nitrogen and oxygen atoms in total. The zero-order valence-electron chi connectivity index (χ0n) is 10.7. The van der Waals surface area contributed by atoms with Gasteiger partial charge in [-0.25, -0.2) is 0 Å². The number of methoxy groups -OCH3 is 1. The fourth-order valence-electron chi connectivity index (χ4n) is 2.21. The molecule has 0 heterocycles. The van der Waals surface area contributed by atoms with Crippen LogP contribution in [0.1, 0.15) is 35.9 Å². The maximum atomic E-state index is 11.6. The second kappa shape index (κ2) is 5.98. The van der Waals surface area contributed by atoms with Gasteiger partial charge in [0.15, 0.2) is 0 Å². The van der Waals surface area contributed by atoms with E-state index < -0.39 is 6.04 Å². The van der Waals surface area contributed by atoms with E-state index >= 15 is 0 Å². The first-order valence-electron chi connectivity index (χ1n) is 6.34. The first kappa shape index (κ1) is 13.1. The number of amides is 1. The molecule has 0 radical (unpaired) electrons. The summed E-state index contributed by atoms with van der Waals surface area (Å²) in [5.41, 5.74) is 7.77. The van der Waals surface area contributed by atoms with E-state index in [1.807, 2.05) is 18.2 Å². The Balaban J connectivity index is 2.16. The lowest BCUT2D eigenvalue weighted by molar-refractivity contribution is -0.120. The van der Waals surface area contributed by atoms with Crippen LogP contribution in [-0.2, 0) is 9.53 Å². The molecular weight excluding hydrogens is 228 g/mol. The summed E-state index contributed by atoms with van der Waals surface area (Å²) in [5, 5.41) is 3.16. The van der Waals surface area contributed by atoms with Crippen LogP contribution in [0.15, 0.2) is 24.3 Å². The monoisotopic (exact) mass is 248 g/mol. The van der Waals surface area contributed by atoms with Gasteiger partial charge in [-0.05, 0) is 29.9 Å².